The Bertz CT molecular complexity index is 1450. The van der Waals surface area contributed by atoms with E-state index in [0.717, 1.165) is 63.5 Å². The molecule has 0 aromatic heterocycles. The average Bonchev–Trinajstić information content (AvgIpc) is 2.81. The number of unbranched alkanes of at least 4 members (excludes halogenated alkanes) is 3. The summed E-state index contributed by atoms with van der Waals surface area (Å²) in [7, 11) is -3.55. The van der Waals surface area contributed by atoms with E-state index in [1.54, 1.807) is 12.1 Å². The molecule has 36 heavy (non-hydrogen) atoms. The van der Waals surface area contributed by atoms with Crippen LogP contribution in [0.5, 0.6) is 11.5 Å². The zero-order valence-electron chi connectivity index (χ0n) is 21.9. The van der Waals surface area contributed by atoms with Gasteiger partial charge in [-0.2, -0.15) is 0 Å². The van der Waals surface area contributed by atoms with Crippen molar-refractivity contribution in [2.24, 2.45) is 5.41 Å². The van der Waals surface area contributed by atoms with Crippen LogP contribution in [-0.2, 0) is 10.0 Å². The van der Waals surface area contributed by atoms with Gasteiger partial charge in [0.15, 0.2) is 0 Å². The Kier molecular flexibility index (Phi) is 7.72. The molecule has 0 saturated carbocycles. The van der Waals surface area contributed by atoms with Crippen molar-refractivity contribution in [1.29, 1.82) is 0 Å². The van der Waals surface area contributed by atoms with Crippen molar-refractivity contribution in [3.63, 3.8) is 0 Å². The summed E-state index contributed by atoms with van der Waals surface area (Å²) in [6.45, 7) is 13.3. The van der Waals surface area contributed by atoms with E-state index in [9.17, 15) is 8.42 Å². The number of sulfonamides is 1. The lowest BCUT2D eigenvalue weighted by Gasteiger charge is -2.21. The van der Waals surface area contributed by atoms with Gasteiger partial charge in [-0.1, -0.05) is 83.0 Å². The molecule has 0 radical (unpaired) electrons. The topological polar surface area (TPSA) is 55.4 Å². The molecule has 0 spiro atoms. The first kappa shape index (κ1) is 26.2. The maximum Gasteiger partial charge on any atom is 0.240 e. The van der Waals surface area contributed by atoms with Crippen molar-refractivity contribution in [1.82, 2.24) is 4.72 Å². The highest BCUT2D eigenvalue weighted by Gasteiger charge is 2.21. The predicted molar refractivity (Wildman–Crippen MR) is 148 cm³/mol. The molecule has 1 N–H and O–H groups in total. The number of ether oxygens (including phenoxy) is 1. The number of nitrogens with one attached hydrogen (secondary N) is 1. The van der Waals surface area contributed by atoms with E-state index in [1.165, 1.54) is 12.8 Å². The summed E-state index contributed by atoms with van der Waals surface area (Å²) in [4.78, 5) is 0.282. The predicted octanol–water partition coefficient (Wildman–Crippen LogP) is 6.03. The zero-order valence-corrected chi connectivity index (χ0v) is 22.7. The monoisotopic (exact) mass is 503 g/mol. The van der Waals surface area contributed by atoms with Gasteiger partial charge in [-0.15, -0.1) is 0 Å². The number of benzene rings is 3. The quantitative estimate of drug-likeness (QED) is 0.284. The Labute approximate surface area is 215 Å². The van der Waals surface area contributed by atoms with E-state index in [4.69, 9.17) is 4.74 Å². The Morgan fingerprint density at radius 3 is 2.31 bits per heavy atom. The number of fused-ring (bicyclic) bond motifs is 2. The summed E-state index contributed by atoms with van der Waals surface area (Å²) in [5.74, 6) is 1.56. The molecule has 0 aliphatic carbocycles. The van der Waals surface area contributed by atoms with Gasteiger partial charge in [-0.25, -0.2) is 13.1 Å². The lowest BCUT2D eigenvalue weighted by Crippen LogP contribution is -2.25. The van der Waals surface area contributed by atoms with Crippen molar-refractivity contribution in [3.05, 3.63) is 87.8 Å². The van der Waals surface area contributed by atoms with E-state index < -0.39 is 10.0 Å². The lowest BCUT2D eigenvalue weighted by molar-refractivity contribution is 0.357. The van der Waals surface area contributed by atoms with Crippen LogP contribution in [0.3, 0.4) is 0 Å². The minimum absolute atomic E-state index is 0.282. The molecule has 1 aliphatic heterocycles. The molecule has 3 aromatic rings. The van der Waals surface area contributed by atoms with Crippen LogP contribution >= 0.6 is 0 Å². The van der Waals surface area contributed by atoms with Gasteiger partial charge >= 0.3 is 0 Å². The van der Waals surface area contributed by atoms with Gasteiger partial charge in [0.2, 0.25) is 10.0 Å². The summed E-state index contributed by atoms with van der Waals surface area (Å²) in [5.41, 5.74) is 4.43. The fourth-order valence-electron chi connectivity index (χ4n) is 4.58. The minimum atomic E-state index is -3.55. The Balaban J connectivity index is 1.51. The molecule has 0 amide bonds. The molecule has 1 aliphatic rings. The van der Waals surface area contributed by atoms with Crippen molar-refractivity contribution in [3.8, 4) is 11.5 Å². The summed E-state index contributed by atoms with van der Waals surface area (Å²) >= 11 is 0. The highest BCUT2D eigenvalue weighted by molar-refractivity contribution is 7.89. The summed E-state index contributed by atoms with van der Waals surface area (Å²) in [5, 5.41) is 1.85. The van der Waals surface area contributed by atoms with Gasteiger partial charge in [-0.05, 0) is 65.8 Å². The van der Waals surface area contributed by atoms with Crippen LogP contribution in [-0.4, -0.2) is 15.0 Å². The standard InChI is InChI=1S/C31H37NO3S/c1-22-10-16-26-28(20-22)35-29-21-23(2)11-17-27(29)30(26)24-12-14-25(15-13-24)36(33,34)32-19-9-7-6-8-18-31(3,4)5/h10-17,20-21,32H,1,6-9,18-19H2,2-5H3. The third kappa shape index (κ3) is 6.26. The van der Waals surface area contributed by atoms with E-state index in [2.05, 4.69) is 44.2 Å². The largest absolute Gasteiger partial charge is 0.456 e. The zero-order chi connectivity index (χ0) is 25.9. The van der Waals surface area contributed by atoms with Crippen LogP contribution in [0.15, 0.2) is 65.6 Å². The number of hydrogen-bond acceptors (Lipinski definition) is 3. The van der Waals surface area contributed by atoms with Gasteiger partial charge < -0.3 is 4.74 Å². The molecule has 0 saturated heterocycles. The fraction of sp³-hybridized carbons (Fsp3) is 0.355. The Morgan fingerprint density at radius 1 is 0.861 bits per heavy atom. The number of rotatable bonds is 9. The van der Waals surface area contributed by atoms with Crippen molar-refractivity contribution >= 4 is 22.2 Å². The molecule has 0 bridgehead atoms. The number of aryl methyl sites for hydroxylation is 1. The normalized spacial score (nSPS) is 13.2. The van der Waals surface area contributed by atoms with Crippen LogP contribution in [0.4, 0.5) is 0 Å². The van der Waals surface area contributed by atoms with Gasteiger partial charge in [0, 0.05) is 22.9 Å². The van der Waals surface area contributed by atoms with Crippen LogP contribution in [0.2, 0.25) is 0 Å². The second kappa shape index (κ2) is 10.6. The third-order valence-corrected chi connectivity index (χ3v) is 8.02. The molecule has 4 nitrogen and oxygen atoms in total. The van der Waals surface area contributed by atoms with E-state index in [0.29, 0.717) is 12.0 Å². The lowest BCUT2D eigenvalue weighted by atomic mass is 9.89. The van der Waals surface area contributed by atoms with Crippen LogP contribution < -0.4 is 19.9 Å². The van der Waals surface area contributed by atoms with Crippen LogP contribution in [0.25, 0.3) is 12.2 Å². The Morgan fingerprint density at radius 2 is 1.58 bits per heavy atom. The smallest absolute Gasteiger partial charge is 0.240 e. The first-order valence-electron chi connectivity index (χ1n) is 12.8. The molecule has 0 unspecified atom stereocenters. The molecule has 0 atom stereocenters. The van der Waals surface area contributed by atoms with Crippen LogP contribution in [0.1, 0.15) is 69.6 Å². The molecule has 1 heterocycles. The van der Waals surface area contributed by atoms with Crippen LogP contribution in [0, 0.1) is 12.3 Å². The highest BCUT2D eigenvalue weighted by atomic mass is 32.2. The maximum atomic E-state index is 12.9. The van der Waals surface area contributed by atoms with Crippen molar-refractivity contribution < 1.29 is 13.2 Å². The van der Waals surface area contributed by atoms with E-state index in [1.807, 2.05) is 43.3 Å². The molecule has 3 aromatic carbocycles. The van der Waals surface area contributed by atoms with E-state index >= 15 is 0 Å². The summed E-state index contributed by atoms with van der Waals surface area (Å²) in [6, 6.07) is 19.2. The molecule has 190 valence electrons. The average molecular weight is 504 g/mol. The van der Waals surface area contributed by atoms with Gasteiger partial charge in [0.1, 0.15) is 11.5 Å². The molecule has 5 heteroatoms. The SMILES string of the molecule is C=c1ccc2c(c1)Oc1cc(C)ccc1C=2c1ccc(S(=O)(=O)NCCCCCCC(C)(C)C)cc1. The van der Waals surface area contributed by atoms with Gasteiger partial charge in [0.25, 0.3) is 0 Å². The summed E-state index contributed by atoms with van der Waals surface area (Å²) in [6.07, 6.45) is 5.39. The van der Waals surface area contributed by atoms with Crippen molar-refractivity contribution in [2.45, 2.75) is 64.7 Å². The molecular formula is C31H37NO3S. The summed E-state index contributed by atoms with van der Waals surface area (Å²) < 4.78 is 34.7. The number of hydrogen-bond donors (Lipinski definition) is 1. The Hall–Kier alpha value is -2.89. The third-order valence-electron chi connectivity index (χ3n) is 6.54. The molecular weight excluding hydrogens is 466 g/mol. The molecule has 0 fully saturated rings. The second-order valence-electron chi connectivity index (χ2n) is 11.0. The van der Waals surface area contributed by atoms with E-state index in [-0.39, 0.29) is 4.90 Å². The first-order chi connectivity index (χ1) is 17.0. The molecule has 4 rings (SSSR count). The minimum Gasteiger partial charge on any atom is -0.456 e. The second-order valence-corrected chi connectivity index (χ2v) is 12.7. The van der Waals surface area contributed by atoms with Gasteiger partial charge in [0.05, 0.1) is 4.90 Å². The highest BCUT2D eigenvalue weighted by Crippen LogP contribution is 2.36. The van der Waals surface area contributed by atoms with Crippen molar-refractivity contribution in [2.75, 3.05) is 6.54 Å². The maximum absolute atomic E-state index is 12.9. The fourth-order valence-corrected chi connectivity index (χ4v) is 5.65. The first-order valence-corrected chi connectivity index (χ1v) is 14.2. The van der Waals surface area contributed by atoms with Gasteiger partial charge in [-0.3, -0.25) is 0 Å².